The molecule has 1 aromatic rings. The van der Waals surface area contributed by atoms with E-state index in [0.29, 0.717) is 12.1 Å². The quantitative estimate of drug-likeness (QED) is 0.551. The Morgan fingerprint density at radius 3 is 2.25 bits per heavy atom. The molecule has 0 amide bonds. The number of aliphatic hydroxyl groups excluding tert-OH is 2. The van der Waals surface area contributed by atoms with Crippen LogP contribution in [0.5, 0.6) is 0 Å². The van der Waals surface area contributed by atoms with Gasteiger partial charge in [0, 0.05) is 17.3 Å². The first-order chi connectivity index (χ1) is 7.34. The predicted octanol–water partition coefficient (Wildman–Crippen LogP) is 0.0259. The number of benzene rings is 1. The summed E-state index contributed by atoms with van der Waals surface area (Å²) in [7, 11) is 0. The van der Waals surface area contributed by atoms with Crippen LogP contribution in [0.15, 0.2) is 12.1 Å². The number of halogens is 2. The summed E-state index contributed by atoms with van der Waals surface area (Å²) >= 11 is 0. The molecule has 0 aromatic heterocycles. The number of carboxylic acid groups (broad SMARTS) is 1. The van der Waals surface area contributed by atoms with Crippen molar-refractivity contribution in [2.45, 2.75) is 12.2 Å². The molecular weight excluding hydrogens is 224 g/mol. The third kappa shape index (κ3) is 2.26. The third-order valence-corrected chi connectivity index (χ3v) is 2.00. The predicted molar refractivity (Wildman–Crippen MR) is 49.4 cm³/mol. The zero-order valence-electron chi connectivity index (χ0n) is 7.89. The number of anilines is 1. The van der Waals surface area contributed by atoms with Gasteiger partial charge < -0.3 is 21.1 Å². The Bertz CT molecular complexity index is 424. The van der Waals surface area contributed by atoms with Crippen molar-refractivity contribution in [1.82, 2.24) is 0 Å². The van der Waals surface area contributed by atoms with Crippen LogP contribution in [0.25, 0.3) is 0 Å². The number of carboxylic acids is 1. The lowest BCUT2D eigenvalue weighted by molar-refractivity contribution is -0.153. The molecule has 0 heterocycles. The van der Waals surface area contributed by atoms with E-state index in [1.54, 1.807) is 0 Å². The van der Waals surface area contributed by atoms with Crippen LogP contribution in [0.2, 0.25) is 0 Å². The normalized spacial score (nSPS) is 14.5. The minimum absolute atomic E-state index is 0.341. The maximum atomic E-state index is 12.8. The van der Waals surface area contributed by atoms with Crippen LogP contribution in [0, 0.1) is 11.6 Å². The fourth-order valence-electron chi connectivity index (χ4n) is 1.14. The Hall–Kier alpha value is -1.73. The van der Waals surface area contributed by atoms with Crippen LogP contribution in [-0.4, -0.2) is 27.4 Å². The largest absolute Gasteiger partial charge is 0.479 e. The number of nitrogens with two attached hydrogens (primary N) is 1. The molecule has 88 valence electrons. The number of hydrogen-bond acceptors (Lipinski definition) is 4. The Kier molecular flexibility index (Phi) is 3.41. The van der Waals surface area contributed by atoms with Crippen molar-refractivity contribution in [3.63, 3.8) is 0 Å². The highest BCUT2D eigenvalue weighted by molar-refractivity contribution is 5.73. The lowest BCUT2D eigenvalue weighted by Crippen LogP contribution is -2.28. The number of hydrogen-bond donors (Lipinski definition) is 4. The monoisotopic (exact) mass is 233 g/mol. The molecule has 0 radical (unpaired) electrons. The second kappa shape index (κ2) is 4.42. The molecule has 0 aliphatic heterocycles. The minimum atomic E-state index is -2.16. The highest BCUT2D eigenvalue weighted by Crippen LogP contribution is 2.25. The van der Waals surface area contributed by atoms with Crippen molar-refractivity contribution in [3.05, 3.63) is 29.3 Å². The van der Waals surface area contributed by atoms with Crippen LogP contribution in [-0.2, 0) is 4.79 Å². The molecule has 0 aliphatic rings. The lowest BCUT2D eigenvalue weighted by Gasteiger charge is -2.16. The Morgan fingerprint density at radius 2 is 1.75 bits per heavy atom. The van der Waals surface area contributed by atoms with E-state index in [9.17, 15) is 18.7 Å². The first-order valence-electron chi connectivity index (χ1n) is 4.18. The first kappa shape index (κ1) is 12.3. The van der Waals surface area contributed by atoms with E-state index < -0.39 is 29.8 Å². The minimum Gasteiger partial charge on any atom is -0.479 e. The van der Waals surface area contributed by atoms with Crippen LogP contribution >= 0.6 is 0 Å². The molecule has 1 aromatic carbocycles. The van der Waals surface area contributed by atoms with Crippen molar-refractivity contribution < 1.29 is 28.9 Å². The van der Waals surface area contributed by atoms with Gasteiger partial charge in [-0.25, -0.2) is 13.6 Å². The zero-order valence-corrected chi connectivity index (χ0v) is 7.89. The molecule has 16 heavy (non-hydrogen) atoms. The number of aliphatic carboxylic acids is 1. The van der Waals surface area contributed by atoms with Gasteiger partial charge in [0.05, 0.1) is 0 Å². The van der Waals surface area contributed by atoms with E-state index in [1.165, 1.54) is 0 Å². The van der Waals surface area contributed by atoms with E-state index >= 15 is 0 Å². The standard InChI is InChI=1S/C9H9F2NO4/c10-4-1-3(6(12)2-5(4)11)7(13)8(14)9(15)16/h1-2,7-8,13-14H,12H2,(H,15,16). The van der Waals surface area contributed by atoms with E-state index in [-0.39, 0.29) is 11.3 Å². The van der Waals surface area contributed by atoms with Crippen LogP contribution in [0.4, 0.5) is 14.5 Å². The Morgan fingerprint density at radius 1 is 1.25 bits per heavy atom. The number of nitrogen functional groups attached to an aromatic ring is 1. The average molecular weight is 233 g/mol. The van der Waals surface area contributed by atoms with Crippen LogP contribution < -0.4 is 5.73 Å². The van der Waals surface area contributed by atoms with Crippen molar-refractivity contribution in [2.75, 3.05) is 5.73 Å². The van der Waals surface area contributed by atoms with Gasteiger partial charge >= 0.3 is 5.97 Å². The highest BCUT2D eigenvalue weighted by Gasteiger charge is 2.27. The van der Waals surface area contributed by atoms with E-state index in [1.807, 2.05) is 0 Å². The molecule has 7 heteroatoms. The molecule has 1 rings (SSSR count). The fourth-order valence-corrected chi connectivity index (χ4v) is 1.14. The molecule has 2 atom stereocenters. The van der Waals surface area contributed by atoms with Crippen molar-refractivity contribution >= 4 is 11.7 Å². The van der Waals surface area contributed by atoms with Gasteiger partial charge in [0.2, 0.25) is 0 Å². The number of carbonyl (C=O) groups is 1. The SMILES string of the molecule is Nc1cc(F)c(F)cc1C(O)C(O)C(=O)O. The van der Waals surface area contributed by atoms with Crippen LogP contribution in [0.1, 0.15) is 11.7 Å². The molecule has 0 fully saturated rings. The van der Waals surface area contributed by atoms with E-state index in [4.69, 9.17) is 15.9 Å². The lowest BCUT2D eigenvalue weighted by atomic mass is 10.0. The maximum absolute atomic E-state index is 12.8. The number of rotatable bonds is 3. The molecular formula is C9H9F2NO4. The van der Waals surface area contributed by atoms with Crippen LogP contribution in [0.3, 0.4) is 0 Å². The van der Waals surface area contributed by atoms with Gasteiger partial charge in [-0.3, -0.25) is 0 Å². The summed E-state index contributed by atoms with van der Waals surface area (Å²) in [5.41, 5.74) is 4.54. The maximum Gasteiger partial charge on any atom is 0.335 e. The fraction of sp³-hybridized carbons (Fsp3) is 0.222. The van der Waals surface area contributed by atoms with E-state index in [0.717, 1.165) is 0 Å². The Balaban J connectivity index is 3.13. The second-order valence-corrected chi connectivity index (χ2v) is 3.12. The van der Waals surface area contributed by atoms with Gasteiger partial charge in [-0.2, -0.15) is 0 Å². The van der Waals surface area contributed by atoms with Gasteiger partial charge in [-0.15, -0.1) is 0 Å². The van der Waals surface area contributed by atoms with Gasteiger partial charge in [-0.1, -0.05) is 0 Å². The van der Waals surface area contributed by atoms with Crippen molar-refractivity contribution in [3.8, 4) is 0 Å². The molecule has 0 bridgehead atoms. The summed E-state index contributed by atoms with van der Waals surface area (Å²) in [5.74, 6) is -4.21. The molecule has 0 saturated carbocycles. The summed E-state index contributed by atoms with van der Waals surface area (Å²) in [5, 5.41) is 26.8. The zero-order chi connectivity index (χ0) is 12.5. The van der Waals surface area contributed by atoms with Gasteiger partial charge in [0.15, 0.2) is 17.7 Å². The summed E-state index contributed by atoms with van der Waals surface area (Å²) in [6.07, 6.45) is -4.08. The molecule has 5 N–H and O–H groups in total. The molecule has 2 unspecified atom stereocenters. The van der Waals surface area contributed by atoms with E-state index in [2.05, 4.69) is 0 Å². The van der Waals surface area contributed by atoms with Crippen molar-refractivity contribution in [2.24, 2.45) is 0 Å². The molecule has 5 nitrogen and oxygen atoms in total. The molecule has 0 spiro atoms. The Labute approximate surface area is 88.7 Å². The average Bonchev–Trinajstić information content (AvgIpc) is 2.21. The number of aliphatic hydroxyl groups is 2. The van der Waals surface area contributed by atoms with Crippen molar-refractivity contribution in [1.29, 1.82) is 0 Å². The highest BCUT2D eigenvalue weighted by atomic mass is 19.2. The van der Waals surface area contributed by atoms with Gasteiger partial charge in [0.1, 0.15) is 6.10 Å². The van der Waals surface area contributed by atoms with Gasteiger partial charge in [-0.05, 0) is 6.07 Å². The summed E-state index contributed by atoms with van der Waals surface area (Å²) < 4.78 is 25.5. The smallest absolute Gasteiger partial charge is 0.335 e. The topological polar surface area (TPSA) is 104 Å². The first-order valence-corrected chi connectivity index (χ1v) is 4.18. The summed E-state index contributed by atoms with van der Waals surface area (Å²) in [6.45, 7) is 0. The second-order valence-electron chi connectivity index (χ2n) is 3.12. The third-order valence-electron chi connectivity index (χ3n) is 2.00. The molecule has 0 aliphatic carbocycles. The van der Waals surface area contributed by atoms with Gasteiger partial charge in [0.25, 0.3) is 0 Å². The summed E-state index contributed by atoms with van der Waals surface area (Å²) in [6, 6.07) is 1.14. The molecule has 0 saturated heterocycles. The summed E-state index contributed by atoms with van der Waals surface area (Å²) in [4.78, 5) is 10.4.